The molecule has 40 heavy (non-hydrogen) atoms. The molecule has 206 valence electrons. The number of likely N-dealkylation sites (tertiary alicyclic amines) is 1. The van der Waals surface area contributed by atoms with E-state index < -0.39 is 6.04 Å². The van der Waals surface area contributed by atoms with Gasteiger partial charge in [-0.2, -0.15) is 0 Å². The van der Waals surface area contributed by atoms with Gasteiger partial charge < -0.3 is 14.5 Å². The van der Waals surface area contributed by atoms with E-state index in [1.807, 2.05) is 54.3 Å². The number of carbonyl (C=O) groups is 3. The van der Waals surface area contributed by atoms with Gasteiger partial charge in [-0.05, 0) is 38.8 Å². The number of fused-ring (bicyclic) bond motifs is 1. The van der Waals surface area contributed by atoms with Gasteiger partial charge in [0.2, 0.25) is 0 Å². The molecule has 1 aliphatic rings. The first-order chi connectivity index (χ1) is 19.4. The molecule has 1 unspecified atom stereocenters. The minimum atomic E-state index is -0.596. The number of ether oxygens (including phenoxy) is 1. The molecule has 2 aromatic heterocycles. The Kier molecular flexibility index (Phi) is 8.21. The van der Waals surface area contributed by atoms with E-state index in [1.165, 1.54) is 11.3 Å². The summed E-state index contributed by atoms with van der Waals surface area (Å²) < 4.78 is 5.51. The number of rotatable bonds is 8. The average Bonchev–Trinajstić information content (AvgIpc) is 3.51. The Bertz CT molecular complexity index is 1530. The van der Waals surface area contributed by atoms with Crippen LogP contribution in [0.3, 0.4) is 0 Å². The maximum absolute atomic E-state index is 13.3. The van der Waals surface area contributed by atoms with E-state index in [0.717, 1.165) is 28.8 Å². The zero-order valence-corrected chi connectivity index (χ0v) is 23.7. The first-order valence-corrected chi connectivity index (χ1v) is 14.4. The molecular formula is C31H32N4O4S. The highest BCUT2D eigenvalue weighted by atomic mass is 32.1. The number of benzene rings is 2. The number of Topliss-reactive ketones (excluding diaryl/α,β-unsaturated/α-hetero) is 1. The van der Waals surface area contributed by atoms with E-state index in [2.05, 4.69) is 9.97 Å². The molecule has 0 bridgehead atoms. The fraction of sp³-hybridized carbons (Fsp3) is 0.323. The second-order valence-electron chi connectivity index (χ2n) is 9.86. The molecule has 1 fully saturated rings. The number of ketones is 1. The van der Waals surface area contributed by atoms with Gasteiger partial charge in [0.15, 0.2) is 5.78 Å². The van der Waals surface area contributed by atoms with E-state index in [4.69, 9.17) is 4.74 Å². The summed E-state index contributed by atoms with van der Waals surface area (Å²) in [5.74, 6) is 0.332. The SMILES string of the molecule is CCN(C(=O)c1csc(C2CCN(C(=O)c3cc(OC)c4ccccc4n3)CC2)n1)C(C)C(=O)c1ccccc1. The minimum absolute atomic E-state index is 0.0955. The van der Waals surface area contributed by atoms with Crippen molar-refractivity contribution in [2.45, 2.75) is 38.6 Å². The van der Waals surface area contributed by atoms with E-state index in [1.54, 1.807) is 42.5 Å². The number of likely N-dealkylation sites (N-methyl/N-ethyl adjacent to an activating group) is 1. The maximum atomic E-state index is 13.3. The third-order valence-corrected chi connectivity index (χ3v) is 8.50. The van der Waals surface area contributed by atoms with Crippen molar-refractivity contribution in [3.8, 4) is 5.75 Å². The highest BCUT2D eigenvalue weighted by Gasteiger charge is 2.31. The first kappa shape index (κ1) is 27.5. The third-order valence-electron chi connectivity index (χ3n) is 7.50. The Labute approximate surface area is 237 Å². The van der Waals surface area contributed by atoms with Crippen molar-refractivity contribution in [3.05, 3.63) is 88.0 Å². The van der Waals surface area contributed by atoms with Gasteiger partial charge in [-0.3, -0.25) is 14.4 Å². The smallest absolute Gasteiger partial charge is 0.273 e. The summed E-state index contributed by atoms with van der Waals surface area (Å²) in [5, 5.41) is 3.54. The summed E-state index contributed by atoms with van der Waals surface area (Å²) in [4.78, 5) is 52.3. The molecule has 0 saturated carbocycles. The van der Waals surface area contributed by atoms with E-state index in [0.29, 0.717) is 42.3 Å². The molecule has 0 radical (unpaired) electrons. The van der Waals surface area contributed by atoms with Gasteiger partial charge in [0.05, 0.1) is 23.7 Å². The van der Waals surface area contributed by atoms with Crippen molar-refractivity contribution < 1.29 is 19.1 Å². The van der Waals surface area contributed by atoms with Crippen molar-refractivity contribution in [2.75, 3.05) is 26.7 Å². The highest BCUT2D eigenvalue weighted by molar-refractivity contribution is 7.09. The molecule has 2 amide bonds. The van der Waals surface area contributed by atoms with E-state index in [-0.39, 0.29) is 23.5 Å². The first-order valence-electron chi connectivity index (χ1n) is 13.5. The fourth-order valence-corrected chi connectivity index (χ4v) is 6.18. The quantitative estimate of drug-likeness (QED) is 0.268. The van der Waals surface area contributed by atoms with Crippen LogP contribution >= 0.6 is 11.3 Å². The van der Waals surface area contributed by atoms with Crippen molar-refractivity contribution in [1.82, 2.24) is 19.8 Å². The van der Waals surface area contributed by atoms with Crippen LogP contribution in [0.2, 0.25) is 0 Å². The summed E-state index contributed by atoms with van der Waals surface area (Å²) >= 11 is 1.47. The molecule has 0 aliphatic carbocycles. The Hall–Kier alpha value is -4.11. The summed E-state index contributed by atoms with van der Waals surface area (Å²) in [6, 6.07) is 17.7. The van der Waals surface area contributed by atoms with Crippen LogP contribution in [-0.4, -0.2) is 70.2 Å². The number of aromatic nitrogens is 2. The number of methoxy groups -OCH3 is 1. The molecule has 1 saturated heterocycles. The number of nitrogens with zero attached hydrogens (tertiary/aromatic N) is 4. The lowest BCUT2D eigenvalue weighted by atomic mass is 9.97. The Morgan fingerprint density at radius 2 is 1.73 bits per heavy atom. The monoisotopic (exact) mass is 556 g/mol. The van der Waals surface area contributed by atoms with Crippen LogP contribution in [-0.2, 0) is 0 Å². The second-order valence-corrected chi connectivity index (χ2v) is 10.8. The predicted molar refractivity (Wildman–Crippen MR) is 155 cm³/mol. The van der Waals surface area contributed by atoms with Gasteiger partial charge >= 0.3 is 0 Å². The van der Waals surface area contributed by atoms with E-state index >= 15 is 0 Å². The molecule has 0 N–H and O–H groups in total. The summed E-state index contributed by atoms with van der Waals surface area (Å²) in [7, 11) is 1.59. The molecule has 4 aromatic rings. The average molecular weight is 557 g/mol. The largest absolute Gasteiger partial charge is 0.496 e. The van der Waals surface area contributed by atoms with Gasteiger partial charge in [0, 0.05) is 47.9 Å². The van der Waals surface area contributed by atoms with Gasteiger partial charge in [-0.1, -0.05) is 42.5 Å². The molecule has 3 heterocycles. The van der Waals surface area contributed by atoms with Crippen LogP contribution in [0.25, 0.3) is 10.9 Å². The van der Waals surface area contributed by atoms with Crippen molar-refractivity contribution in [3.63, 3.8) is 0 Å². The van der Waals surface area contributed by atoms with Crippen LogP contribution < -0.4 is 4.74 Å². The molecule has 9 heteroatoms. The van der Waals surface area contributed by atoms with Gasteiger partial charge in [0.1, 0.15) is 17.1 Å². The standard InChI is InChI=1S/C31H32N4O4S/c1-4-35(20(2)28(36)21-10-6-5-7-11-21)31(38)26-19-40-29(33-26)22-14-16-34(17-15-22)30(37)25-18-27(39-3)23-12-8-9-13-24(23)32-25/h5-13,18-20,22H,4,14-17H2,1-3H3. The van der Waals surface area contributed by atoms with Gasteiger partial charge in [-0.15, -0.1) is 11.3 Å². The summed E-state index contributed by atoms with van der Waals surface area (Å²) in [5.41, 5.74) is 2.04. The molecule has 8 nitrogen and oxygen atoms in total. The predicted octanol–water partition coefficient (Wildman–Crippen LogP) is 5.45. The van der Waals surface area contributed by atoms with Crippen LogP contribution in [0, 0.1) is 0 Å². The Morgan fingerprint density at radius 3 is 2.42 bits per heavy atom. The number of thiazole rings is 1. The highest BCUT2D eigenvalue weighted by Crippen LogP contribution is 2.32. The van der Waals surface area contributed by atoms with Crippen LogP contribution in [0.4, 0.5) is 0 Å². The topological polar surface area (TPSA) is 92.7 Å². The van der Waals surface area contributed by atoms with Crippen molar-refractivity contribution in [2.24, 2.45) is 0 Å². The second kappa shape index (κ2) is 12.0. The molecule has 2 aromatic carbocycles. The third kappa shape index (κ3) is 5.47. The number of hydrogen-bond donors (Lipinski definition) is 0. The summed E-state index contributed by atoms with van der Waals surface area (Å²) in [6.07, 6.45) is 1.50. The minimum Gasteiger partial charge on any atom is -0.496 e. The number of amides is 2. The van der Waals surface area contributed by atoms with Crippen LogP contribution in [0.5, 0.6) is 5.75 Å². The van der Waals surface area contributed by atoms with Crippen molar-refractivity contribution in [1.29, 1.82) is 0 Å². The molecule has 1 aliphatic heterocycles. The van der Waals surface area contributed by atoms with Gasteiger partial charge in [0.25, 0.3) is 11.8 Å². The normalized spacial score (nSPS) is 14.6. The number of para-hydroxylation sites is 1. The number of hydrogen-bond acceptors (Lipinski definition) is 7. The summed E-state index contributed by atoms with van der Waals surface area (Å²) in [6.45, 7) is 5.18. The van der Waals surface area contributed by atoms with Crippen LogP contribution in [0.15, 0.2) is 66.0 Å². The molecule has 5 rings (SSSR count). The van der Waals surface area contributed by atoms with Gasteiger partial charge in [-0.25, -0.2) is 9.97 Å². The zero-order chi connectivity index (χ0) is 28.2. The molecule has 1 atom stereocenters. The molecule has 0 spiro atoms. The molecular weight excluding hydrogens is 524 g/mol. The van der Waals surface area contributed by atoms with Crippen LogP contribution in [0.1, 0.15) is 68.9 Å². The Morgan fingerprint density at radius 1 is 1.02 bits per heavy atom. The lowest BCUT2D eigenvalue weighted by Crippen LogP contribution is -2.43. The lowest BCUT2D eigenvalue weighted by Gasteiger charge is -2.31. The fourth-order valence-electron chi connectivity index (χ4n) is 5.21. The lowest BCUT2D eigenvalue weighted by molar-refractivity contribution is 0.0633. The van der Waals surface area contributed by atoms with E-state index in [9.17, 15) is 14.4 Å². The van der Waals surface area contributed by atoms with Crippen molar-refractivity contribution >= 4 is 39.8 Å². The number of pyridine rings is 1. The Balaban J connectivity index is 1.23. The number of carbonyl (C=O) groups excluding carboxylic acids is 3. The number of piperidine rings is 1. The maximum Gasteiger partial charge on any atom is 0.273 e. The zero-order valence-electron chi connectivity index (χ0n) is 22.9.